The number of aromatic nitrogens is 1. The molecule has 0 N–H and O–H groups in total. The molecule has 1 aromatic heterocycles. The Hall–Kier alpha value is -2.80. The zero-order valence-electron chi connectivity index (χ0n) is 17.5. The molecule has 4 rings (SSSR count). The van der Waals surface area contributed by atoms with Crippen LogP contribution in [0.5, 0.6) is 0 Å². The minimum absolute atomic E-state index is 0.197. The normalized spacial score (nSPS) is 17.8. The lowest BCUT2D eigenvalue weighted by Crippen LogP contribution is -2.44. The molecule has 7 heteroatoms. The third-order valence-corrected chi connectivity index (χ3v) is 6.77. The maximum absolute atomic E-state index is 12.8. The van der Waals surface area contributed by atoms with E-state index in [9.17, 15) is 14.4 Å². The molecule has 1 saturated heterocycles. The fourth-order valence-corrected chi connectivity index (χ4v) is 5.01. The van der Waals surface area contributed by atoms with Crippen LogP contribution in [-0.2, 0) is 29.1 Å². The number of aryl methyl sites for hydroxylation is 1. The van der Waals surface area contributed by atoms with Crippen molar-refractivity contribution in [3.05, 3.63) is 63.3 Å². The van der Waals surface area contributed by atoms with Crippen molar-refractivity contribution < 1.29 is 14.4 Å². The zero-order valence-corrected chi connectivity index (χ0v) is 18.3. The Morgan fingerprint density at radius 2 is 1.90 bits per heavy atom. The third-order valence-electron chi connectivity index (χ3n) is 5.87. The standard InChI is InChI=1S/C23H25N3O3S/c1-4-25-15(2)11-19(16(25)3)12-20-22(28)26(23(29)30-20)14-21(27)24-10-9-17-7-5-6-8-18(17)13-24/h5-8,11-12H,4,9-10,13-14H2,1-3H3/b20-12-. The maximum Gasteiger partial charge on any atom is 0.294 e. The van der Waals surface area contributed by atoms with E-state index < -0.39 is 5.91 Å². The van der Waals surface area contributed by atoms with E-state index in [1.165, 1.54) is 5.56 Å². The van der Waals surface area contributed by atoms with Gasteiger partial charge in [-0.15, -0.1) is 0 Å². The lowest BCUT2D eigenvalue weighted by Gasteiger charge is -2.29. The van der Waals surface area contributed by atoms with Crippen molar-refractivity contribution in [2.45, 2.75) is 40.3 Å². The van der Waals surface area contributed by atoms with Crippen molar-refractivity contribution in [3.8, 4) is 0 Å². The van der Waals surface area contributed by atoms with Crippen molar-refractivity contribution in [2.75, 3.05) is 13.1 Å². The lowest BCUT2D eigenvalue weighted by atomic mass is 10.00. The Kier molecular flexibility index (Phi) is 5.56. The average Bonchev–Trinajstić information content (AvgIpc) is 3.16. The van der Waals surface area contributed by atoms with Crippen molar-refractivity contribution >= 4 is 34.9 Å². The second kappa shape index (κ2) is 8.14. The van der Waals surface area contributed by atoms with Gasteiger partial charge in [0, 0.05) is 31.0 Å². The summed E-state index contributed by atoms with van der Waals surface area (Å²) in [7, 11) is 0. The second-order valence-corrected chi connectivity index (χ2v) is 8.67. The van der Waals surface area contributed by atoms with Gasteiger partial charge >= 0.3 is 0 Å². The molecule has 0 spiro atoms. The molecule has 1 aromatic carbocycles. The van der Waals surface area contributed by atoms with Crippen molar-refractivity contribution in [1.82, 2.24) is 14.4 Å². The van der Waals surface area contributed by atoms with Gasteiger partial charge in [-0.1, -0.05) is 24.3 Å². The maximum atomic E-state index is 12.8. The van der Waals surface area contributed by atoms with Gasteiger partial charge in [-0.2, -0.15) is 0 Å². The zero-order chi connectivity index (χ0) is 21.4. The monoisotopic (exact) mass is 423 g/mol. The number of thioether (sulfide) groups is 1. The van der Waals surface area contributed by atoms with Gasteiger partial charge < -0.3 is 9.47 Å². The number of rotatable bonds is 4. The Morgan fingerprint density at radius 3 is 2.60 bits per heavy atom. The summed E-state index contributed by atoms with van der Waals surface area (Å²) < 4.78 is 2.16. The first-order chi connectivity index (χ1) is 14.4. The number of imide groups is 1. The molecule has 0 radical (unpaired) electrons. The van der Waals surface area contributed by atoms with Gasteiger partial charge in [-0.3, -0.25) is 19.3 Å². The largest absolute Gasteiger partial charge is 0.349 e. The molecule has 2 aliphatic rings. The molecule has 0 saturated carbocycles. The molecule has 1 fully saturated rings. The predicted molar refractivity (Wildman–Crippen MR) is 118 cm³/mol. The topological polar surface area (TPSA) is 62.6 Å². The van der Waals surface area contributed by atoms with E-state index in [1.807, 2.05) is 38.1 Å². The van der Waals surface area contributed by atoms with E-state index >= 15 is 0 Å². The minimum atomic E-state index is -0.392. The molecule has 3 heterocycles. The molecule has 30 heavy (non-hydrogen) atoms. The first-order valence-electron chi connectivity index (χ1n) is 10.2. The van der Waals surface area contributed by atoms with Crippen LogP contribution >= 0.6 is 11.8 Å². The SMILES string of the molecule is CCn1c(C)cc(/C=C2\SC(=O)N(CC(=O)N3CCc4ccccc4C3)C2=O)c1C. The number of amides is 3. The van der Waals surface area contributed by atoms with Crippen LogP contribution in [0.15, 0.2) is 35.2 Å². The molecule has 0 atom stereocenters. The summed E-state index contributed by atoms with van der Waals surface area (Å²) in [5.74, 6) is -0.589. The Morgan fingerprint density at radius 1 is 1.17 bits per heavy atom. The molecule has 3 amide bonds. The number of carbonyl (C=O) groups excluding carboxylic acids is 3. The average molecular weight is 424 g/mol. The summed E-state index contributed by atoms with van der Waals surface area (Å²) in [4.78, 5) is 41.3. The first-order valence-corrected chi connectivity index (χ1v) is 11.0. The molecule has 0 bridgehead atoms. The van der Waals surface area contributed by atoms with Gasteiger partial charge in [-0.05, 0) is 67.8 Å². The van der Waals surface area contributed by atoms with Crippen molar-refractivity contribution in [1.29, 1.82) is 0 Å². The molecule has 0 aliphatic carbocycles. The highest BCUT2D eigenvalue weighted by Crippen LogP contribution is 2.33. The molecule has 6 nitrogen and oxygen atoms in total. The highest BCUT2D eigenvalue weighted by molar-refractivity contribution is 8.18. The number of carbonyl (C=O) groups is 3. The number of hydrogen-bond acceptors (Lipinski definition) is 4. The molecule has 2 aliphatic heterocycles. The quantitative estimate of drug-likeness (QED) is 0.703. The number of benzene rings is 1. The van der Waals surface area contributed by atoms with Gasteiger partial charge in [-0.25, -0.2) is 0 Å². The van der Waals surface area contributed by atoms with E-state index in [0.717, 1.165) is 52.1 Å². The summed E-state index contributed by atoms with van der Waals surface area (Å²) in [5.41, 5.74) is 5.47. The molecule has 2 aromatic rings. The third kappa shape index (κ3) is 3.69. The van der Waals surface area contributed by atoms with Crippen LogP contribution in [0, 0.1) is 13.8 Å². The van der Waals surface area contributed by atoms with Crippen molar-refractivity contribution in [2.24, 2.45) is 0 Å². The van der Waals surface area contributed by atoms with E-state index in [4.69, 9.17) is 0 Å². The molecular formula is C23H25N3O3S. The van der Waals surface area contributed by atoms with Crippen molar-refractivity contribution in [3.63, 3.8) is 0 Å². The van der Waals surface area contributed by atoms with Crippen LogP contribution in [0.1, 0.15) is 35.0 Å². The smallest absolute Gasteiger partial charge is 0.294 e. The second-order valence-electron chi connectivity index (χ2n) is 7.67. The summed E-state index contributed by atoms with van der Waals surface area (Å²) in [6.45, 7) is 7.86. The van der Waals surface area contributed by atoms with Crippen LogP contribution in [0.3, 0.4) is 0 Å². The summed E-state index contributed by atoms with van der Waals surface area (Å²) >= 11 is 0.904. The molecular weight excluding hydrogens is 398 g/mol. The summed E-state index contributed by atoms with van der Waals surface area (Å²) in [5, 5.41) is -0.388. The van der Waals surface area contributed by atoms with Gasteiger partial charge in [0.2, 0.25) is 5.91 Å². The fraction of sp³-hybridized carbons (Fsp3) is 0.348. The lowest BCUT2D eigenvalue weighted by molar-refractivity contribution is -0.136. The summed E-state index contributed by atoms with van der Waals surface area (Å²) in [6.07, 6.45) is 2.55. The van der Waals surface area contributed by atoms with Gasteiger partial charge in [0.25, 0.3) is 11.1 Å². The number of hydrogen-bond donors (Lipinski definition) is 0. The first kappa shape index (κ1) is 20.5. The predicted octanol–water partition coefficient (Wildman–Crippen LogP) is 3.75. The van der Waals surface area contributed by atoms with E-state index in [1.54, 1.807) is 11.0 Å². The molecule has 156 valence electrons. The van der Waals surface area contributed by atoms with Crippen LogP contribution < -0.4 is 0 Å². The highest BCUT2D eigenvalue weighted by Gasteiger charge is 2.37. The Balaban J connectivity index is 1.48. The highest BCUT2D eigenvalue weighted by atomic mass is 32.2. The van der Waals surface area contributed by atoms with Crippen LogP contribution in [0.2, 0.25) is 0 Å². The van der Waals surface area contributed by atoms with Crippen LogP contribution in [0.4, 0.5) is 4.79 Å². The number of fused-ring (bicyclic) bond motifs is 1. The van der Waals surface area contributed by atoms with Crippen LogP contribution in [-0.4, -0.2) is 44.5 Å². The Labute approximate surface area is 180 Å². The van der Waals surface area contributed by atoms with E-state index in [2.05, 4.69) is 17.6 Å². The van der Waals surface area contributed by atoms with Gasteiger partial charge in [0.15, 0.2) is 0 Å². The molecule has 0 unspecified atom stereocenters. The Bertz CT molecular complexity index is 1070. The van der Waals surface area contributed by atoms with Crippen LogP contribution in [0.25, 0.3) is 6.08 Å². The summed E-state index contributed by atoms with van der Waals surface area (Å²) in [6, 6.07) is 10.1. The number of nitrogens with zero attached hydrogens (tertiary/aromatic N) is 3. The van der Waals surface area contributed by atoms with E-state index in [-0.39, 0.29) is 17.7 Å². The van der Waals surface area contributed by atoms with Gasteiger partial charge in [0.05, 0.1) is 4.91 Å². The minimum Gasteiger partial charge on any atom is -0.349 e. The fourth-order valence-electron chi connectivity index (χ4n) is 4.18. The van der Waals surface area contributed by atoms with E-state index in [0.29, 0.717) is 18.0 Å². The van der Waals surface area contributed by atoms with Gasteiger partial charge in [0.1, 0.15) is 6.54 Å².